The molecule has 0 aromatic carbocycles. The third kappa shape index (κ3) is 2.15. The molecule has 40 valence electrons. The fourth-order valence-electron chi connectivity index (χ4n) is 0.0667. The van der Waals surface area contributed by atoms with Gasteiger partial charge in [0.25, 0.3) is 0 Å². The molecule has 7 heavy (non-hydrogen) atoms. The highest BCUT2D eigenvalue weighted by Crippen LogP contribution is 1.94. The van der Waals surface area contributed by atoms with Crippen LogP contribution in [0.2, 0.25) is 0 Å². The molecule has 0 amide bonds. The average Bonchev–Trinajstić information content (AvgIpc) is 1.65. The van der Waals surface area contributed by atoms with E-state index in [1.54, 1.807) is 6.07 Å². The molecule has 1 unspecified atom stereocenters. The summed E-state index contributed by atoms with van der Waals surface area (Å²) in [5, 5.41) is 24.2. The van der Waals surface area contributed by atoms with Crippen LogP contribution in [-0.2, 0) is 0 Å². The smallest absolute Gasteiger partial charge is 0.167 e. The van der Waals surface area contributed by atoms with Gasteiger partial charge in [-0.25, -0.2) is 0 Å². The molecule has 0 saturated carbocycles. The predicted molar refractivity (Wildman–Crippen MR) is 23.0 cm³/mol. The van der Waals surface area contributed by atoms with Crippen LogP contribution < -0.4 is 0 Å². The number of aliphatic hydroxyl groups excluding tert-OH is 1. The van der Waals surface area contributed by atoms with Gasteiger partial charge in [0, 0.05) is 0 Å². The molecule has 0 radical (unpaired) electrons. The van der Waals surface area contributed by atoms with Crippen LogP contribution in [0.1, 0.15) is 6.92 Å². The lowest BCUT2D eigenvalue weighted by molar-refractivity contribution is -0.0631. The Morgan fingerprint density at radius 2 is 2.00 bits per heavy atom. The van der Waals surface area contributed by atoms with Crippen LogP contribution in [-0.4, -0.2) is 16.5 Å². The molecule has 3 heteroatoms. The number of hydrogen-bond donors (Lipinski definition) is 2. The van der Waals surface area contributed by atoms with E-state index in [0.717, 1.165) is 0 Å². The summed E-state index contributed by atoms with van der Waals surface area (Å²) in [7, 11) is 0. The van der Waals surface area contributed by atoms with Crippen LogP contribution in [0, 0.1) is 17.2 Å². The van der Waals surface area contributed by atoms with Gasteiger partial charge in [-0.2, -0.15) is 5.26 Å². The van der Waals surface area contributed by atoms with Gasteiger partial charge in [0.1, 0.15) is 0 Å². The average molecular weight is 101 g/mol. The second-order valence-electron chi connectivity index (χ2n) is 1.33. The molecule has 0 heterocycles. The Balaban J connectivity index is 3.40. The first kappa shape index (κ1) is 6.41. The van der Waals surface area contributed by atoms with E-state index in [1.165, 1.54) is 6.92 Å². The minimum atomic E-state index is -1.50. The summed E-state index contributed by atoms with van der Waals surface area (Å²) in [6.45, 7) is 1.44. The second-order valence-corrected chi connectivity index (χ2v) is 1.33. The van der Waals surface area contributed by atoms with E-state index in [0.29, 0.717) is 0 Å². The van der Waals surface area contributed by atoms with Crippen molar-refractivity contribution in [3.63, 3.8) is 0 Å². The van der Waals surface area contributed by atoms with E-state index in [9.17, 15) is 0 Å². The highest BCUT2D eigenvalue weighted by atomic mass is 16.5. The van der Waals surface area contributed by atoms with Gasteiger partial charge in [-0.3, -0.25) is 0 Å². The van der Waals surface area contributed by atoms with E-state index in [1.807, 2.05) is 0 Å². The summed E-state index contributed by atoms with van der Waals surface area (Å²) in [4.78, 5) is 0. The summed E-state index contributed by atoms with van der Waals surface area (Å²) < 4.78 is 0. The maximum atomic E-state index is 8.15. The maximum absolute atomic E-state index is 8.15. The molecule has 0 bridgehead atoms. The van der Waals surface area contributed by atoms with Crippen molar-refractivity contribution in [1.29, 1.82) is 5.26 Å². The summed E-state index contributed by atoms with van der Waals surface area (Å²) in [6.07, 6.45) is -1.50. The fraction of sp³-hybridized carbons (Fsp3) is 0.750. The molecule has 0 fully saturated rings. The van der Waals surface area contributed by atoms with Crippen LogP contribution >= 0.6 is 0 Å². The van der Waals surface area contributed by atoms with Crippen molar-refractivity contribution >= 4 is 0 Å². The zero-order valence-electron chi connectivity index (χ0n) is 4.00. The van der Waals surface area contributed by atoms with Crippen molar-refractivity contribution in [2.45, 2.75) is 13.2 Å². The first-order chi connectivity index (χ1) is 3.18. The van der Waals surface area contributed by atoms with Crippen LogP contribution in [0.3, 0.4) is 0 Å². The Kier molecular flexibility index (Phi) is 2.34. The Morgan fingerprint density at radius 1 is 1.57 bits per heavy atom. The van der Waals surface area contributed by atoms with Gasteiger partial charge in [0.05, 0.1) is 12.0 Å². The first-order valence-corrected chi connectivity index (χ1v) is 1.94. The third-order valence-electron chi connectivity index (χ3n) is 0.651. The molecule has 1 atom stereocenters. The van der Waals surface area contributed by atoms with Crippen molar-refractivity contribution in [2.24, 2.45) is 5.92 Å². The van der Waals surface area contributed by atoms with Gasteiger partial charge in [-0.05, 0) is 6.92 Å². The zero-order chi connectivity index (χ0) is 5.86. The fourth-order valence-corrected chi connectivity index (χ4v) is 0.0667. The molecular formula is C4H7NO2. The van der Waals surface area contributed by atoms with Crippen molar-refractivity contribution in [1.82, 2.24) is 0 Å². The maximum Gasteiger partial charge on any atom is 0.167 e. The Labute approximate surface area is 41.8 Å². The number of nitrogens with zero attached hydrogens (tertiary/aromatic N) is 1. The topological polar surface area (TPSA) is 64.2 Å². The highest BCUT2D eigenvalue weighted by Gasteiger charge is 2.06. The number of nitriles is 1. The minimum absolute atomic E-state index is 0.681. The Bertz CT molecular complexity index is 84.2. The normalized spacial score (nSPS) is 13.6. The Morgan fingerprint density at radius 3 is 2.00 bits per heavy atom. The molecule has 0 aliphatic carbocycles. The lowest BCUT2D eigenvalue weighted by Crippen LogP contribution is -2.13. The highest BCUT2D eigenvalue weighted by molar-refractivity contribution is 4.79. The van der Waals surface area contributed by atoms with Crippen molar-refractivity contribution in [3.05, 3.63) is 0 Å². The summed E-state index contributed by atoms with van der Waals surface area (Å²) in [6, 6.07) is 1.66. The molecule has 0 aliphatic heterocycles. The Hall–Kier alpha value is -0.590. The lowest BCUT2D eigenvalue weighted by Gasteiger charge is -2.00. The number of rotatable bonds is 1. The molecule has 0 aromatic heterocycles. The first-order valence-electron chi connectivity index (χ1n) is 1.94. The summed E-state index contributed by atoms with van der Waals surface area (Å²) >= 11 is 0. The molecule has 0 spiro atoms. The molecule has 0 saturated heterocycles. The van der Waals surface area contributed by atoms with Gasteiger partial charge in [0.2, 0.25) is 0 Å². The van der Waals surface area contributed by atoms with Gasteiger partial charge in [-0.15, -0.1) is 0 Å². The summed E-state index contributed by atoms with van der Waals surface area (Å²) in [5.41, 5.74) is 0. The van der Waals surface area contributed by atoms with Crippen molar-refractivity contribution < 1.29 is 10.2 Å². The number of hydrogen-bond acceptors (Lipinski definition) is 3. The van der Waals surface area contributed by atoms with Crippen molar-refractivity contribution in [3.8, 4) is 6.07 Å². The van der Waals surface area contributed by atoms with Gasteiger partial charge >= 0.3 is 0 Å². The molecule has 0 aromatic rings. The SMILES string of the molecule is CC(C#N)C(O)O. The van der Waals surface area contributed by atoms with Gasteiger partial charge < -0.3 is 10.2 Å². The zero-order valence-corrected chi connectivity index (χ0v) is 4.00. The van der Waals surface area contributed by atoms with Gasteiger partial charge in [0.15, 0.2) is 6.29 Å². The lowest BCUT2D eigenvalue weighted by atomic mass is 10.2. The summed E-state index contributed by atoms with van der Waals surface area (Å²) in [5.74, 6) is -0.681. The van der Waals surface area contributed by atoms with E-state index in [-0.39, 0.29) is 0 Å². The second kappa shape index (κ2) is 2.56. The van der Waals surface area contributed by atoms with Gasteiger partial charge in [-0.1, -0.05) is 0 Å². The molecular weight excluding hydrogens is 94.0 g/mol. The predicted octanol–water partition coefficient (Wildman–Crippen LogP) is -0.543. The molecule has 3 nitrogen and oxygen atoms in total. The number of aliphatic hydroxyl groups is 2. The molecule has 0 rings (SSSR count). The van der Waals surface area contributed by atoms with Crippen LogP contribution in [0.5, 0.6) is 0 Å². The largest absolute Gasteiger partial charge is 0.367 e. The van der Waals surface area contributed by atoms with E-state index in [4.69, 9.17) is 15.5 Å². The quantitative estimate of drug-likeness (QED) is 0.436. The minimum Gasteiger partial charge on any atom is -0.367 e. The van der Waals surface area contributed by atoms with Crippen LogP contribution in [0.15, 0.2) is 0 Å². The standard InChI is InChI=1S/C4H7NO2/c1-3(2-5)4(6)7/h3-4,6-7H,1H3. The van der Waals surface area contributed by atoms with Crippen LogP contribution in [0.25, 0.3) is 0 Å². The van der Waals surface area contributed by atoms with Crippen LogP contribution in [0.4, 0.5) is 0 Å². The molecule has 2 N–H and O–H groups in total. The van der Waals surface area contributed by atoms with E-state index >= 15 is 0 Å². The third-order valence-corrected chi connectivity index (χ3v) is 0.651. The molecule has 0 aliphatic rings. The monoisotopic (exact) mass is 101 g/mol. The van der Waals surface area contributed by atoms with E-state index < -0.39 is 12.2 Å². The van der Waals surface area contributed by atoms with Crippen molar-refractivity contribution in [2.75, 3.05) is 0 Å². The van der Waals surface area contributed by atoms with E-state index in [2.05, 4.69) is 0 Å².